The molecular formula is C27H28N2O3. The number of H-pyrrole nitrogens is 1. The van der Waals surface area contributed by atoms with E-state index in [-0.39, 0.29) is 5.56 Å². The van der Waals surface area contributed by atoms with Crippen LogP contribution in [0.3, 0.4) is 0 Å². The topological polar surface area (TPSA) is 74.3 Å². The van der Waals surface area contributed by atoms with Gasteiger partial charge in [0.05, 0.1) is 11.6 Å². The van der Waals surface area contributed by atoms with Crippen molar-refractivity contribution in [2.24, 2.45) is 0 Å². The number of nitrogens with one attached hydrogen (secondary N) is 2. The molecule has 32 heavy (non-hydrogen) atoms. The minimum absolute atomic E-state index is 0.192. The Morgan fingerprint density at radius 1 is 1.00 bits per heavy atom. The molecule has 0 saturated carbocycles. The van der Waals surface area contributed by atoms with Crippen LogP contribution in [0.5, 0.6) is 5.75 Å². The van der Waals surface area contributed by atoms with Crippen LogP contribution in [0.2, 0.25) is 0 Å². The highest BCUT2D eigenvalue weighted by Gasteiger charge is 2.25. The lowest BCUT2D eigenvalue weighted by molar-refractivity contribution is 0.171. The average Bonchev–Trinajstić information content (AvgIpc) is 3.24. The molecule has 3 N–H and O–H groups in total. The van der Waals surface area contributed by atoms with E-state index in [9.17, 15) is 9.90 Å². The predicted molar refractivity (Wildman–Crippen MR) is 127 cm³/mol. The van der Waals surface area contributed by atoms with E-state index in [1.807, 2.05) is 42.5 Å². The summed E-state index contributed by atoms with van der Waals surface area (Å²) in [5.74, 6) is 0.602. The first-order valence-corrected chi connectivity index (χ1v) is 11.3. The Morgan fingerprint density at radius 2 is 1.75 bits per heavy atom. The van der Waals surface area contributed by atoms with Gasteiger partial charge >= 0.3 is 0 Å². The third-order valence-corrected chi connectivity index (χ3v) is 6.47. The normalized spacial score (nSPS) is 17.0. The summed E-state index contributed by atoms with van der Waals surface area (Å²) in [6.45, 7) is 0.877. The van der Waals surface area contributed by atoms with E-state index in [1.54, 1.807) is 17.2 Å². The van der Waals surface area contributed by atoms with Gasteiger partial charge in [-0.1, -0.05) is 59.7 Å². The van der Waals surface area contributed by atoms with Crippen LogP contribution in [0.1, 0.15) is 42.9 Å². The Morgan fingerprint density at radius 3 is 2.50 bits per heavy atom. The van der Waals surface area contributed by atoms with Gasteiger partial charge in [-0.05, 0) is 48.9 Å². The monoisotopic (exact) mass is 428 g/mol. The lowest BCUT2D eigenvalue weighted by Crippen LogP contribution is -2.31. The molecule has 1 heterocycles. The van der Waals surface area contributed by atoms with E-state index in [1.165, 1.54) is 6.07 Å². The fourth-order valence-corrected chi connectivity index (χ4v) is 4.79. The highest BCUT2D eigenvalue weighted by molar-refractivity contribution is 5.87. The van der Waals surface area contributed by atoms with Crippen LogP contribution in [0.15, 0.2) is 82.7 Å². The van der Waals surface area contributed by atoms with Crippen molar-refractivity contribution < 1.29 is 9.84 Å². The van der Waals surface area contributed by atoms with Crippen molar-refractivity contribution in [2.75, 3.05) is 6.54 Å². The molecule has 1 atom stereocenters. The molecule has 0 amide bonds. The number of aromatic amines is 1. The molecule has 1 aromatic heterocycles. The van der Waals surface area contributed by atoms with E-state index in [0.29, 0.717) is 30.5 Å². The number of hydrogen-bond acceptors (Lipinski definition) is 4. The molecule has 2 aliphatic rings. The van der Waals surface area contributed by atoms with Gasteiger partial charge in [0.15, 0.2) is 0 Å². The van der Waals surface area contributed by atoms with E-state index < -0.39 is 6.10 Å². The number of aliphatic hydroxyl groups is 1. The smallest absolute Gasteiger partial charge is 0.248 e. The molecule has 2 aromatic carbocycles. The van der Waals surface area contributed by atoms with Crippen molar-refractivity contribution in [1.82, 2.24) is 10.3 Å². The van der Waals surface area contributed by atoms with E-state index in [0.717, 1.165) is 42.2 Å². The molecule has 0 fully saturated rings. The first-order valence-electron chi connectivity index (χ1n) is 11.3. The second-order valence-electron chi connectivity index (χ2n) is 8.65. The second kappa shape index (κ2) is 9.15. The number of benzene rings is 2. The van der Waals surface area contributed by atoms with Gasteiger partial charge in [0.1, 0.15) is 12.4 Å². The minimum atomic E-state index is -0.678. The van der Waals surface area contributed by atoms with Gasteiger partial charge in [0.25, 0.3) is 0 Å². The molecule has 164 valence electrons. The van der Waals surface area contributed by atoms with Gasteiger partial charge in [-0.15, -0.1) is 0 Å². The zero-order valence-corrected chi connectivity index (χ0v) is 18.0. The maximum Gasteiger partial charge on any atom is 0.248 e. The number of pyridine rings is 1. The quantitative estimate of drug-likeness (QED) is 0.483. The van der Waals surface area contributed by atoms with Crippen molar-refractivity contribution in [3.8, 4) is 5.75 Å². The van der Waals surface area contributed by atoms with Gasteiger partial charge < -0.3 is 20.1 Å². The summed E-state index contributed by atoms with van der Waals surface area (Å²) in [6.07, 6.45) is 8.09. The van der Waals surface area contributed by atoms with Gasteiger partial charge in [-0.2, -0.15) is 0 Å². The molecule has 0 saturated heterocycles. The molecular weight excluding hydrogens is 400 g/mol. The van der Waals surface area contributed by atoms with Crippen molar-refractivity contribution in [3.63, 3.8) is 0 Å². The Hall–Kier alpha value is -3.15. The van der Waals surface area contributed by atoms with Crippen LogP contribution in [0.4, 0.5) is 0 Å². The molecule has 0 bridgehead atoms. The maximum absolute atomic E-state index is 12.0. The summed E-state index contributed by atoms with van der Waals surface area (Å²) in [7, 11) is 0. The Labute approximate surface area is 187 Å². The largest absolute Gasteiger partial charge is 0.487 e. The number of allylic oxidation sites excluding steroid dienone is 2. The van der Waals surface area contributed by atoms with Crippen LogP contribution >= 0.6 is 0 Å². The van der Waals surface area contributed by atoms with Crippen LogP contribution in [0.25, 0.3) is 10.9 Å². The van der Waals surface area contributed by atoms with E-state index in [4.69, 9.17) is 4.74 Å². The maximum atomic E-state index is 12.0. The molecule has 5 rings (SSSR count). The number of rotatable bonds is 7. The molecule has 0 aliphatic heterocycles. The van der Waals surface area contributed by atoms with Crippen LogP contribution in [0, 0.1) is 0 Å². The summed E-state index contributed by atoms with van der Waals surface area (Å²) in [5, 5.41) is 15.3. The first kappa shape index (κ1) is 20.7. The van der Waals surface area contributed by atoms with Crippen molar-refractivity contribution >= 4 is 10.9 Å². The fraction of sp³-hybridized carbons (Fsp3) is 0.296. The van der Waals surface area contributed by atoms with Gasteiger partial charge in [0.2, 0.25) is 5.56 Å². The second-order valence-corrected chi connectivity index (χ2v) is 8.65. The third-order valence-electron chi connectivity index (χ3n) is 6.47. The minimum Gasteiger partial charge on any atom is -0.487 e. The van der Waals surface area contributed by atoms with Gasteiger partial charge in [0, 0.05) is 24.0 Å². The molecule has 5 heteroatoms. The molecule has 0 spiro atoms. The van der Waals surface area contributed by atoms with E-state index >= 15 is 0 Å². The zero-order valence-electron chi connectivity index (χ0n) is 18.0. The first-order chi connectivity index (χ1) is 15.7. The summed E-state index contributed by atoms with van der Waals surface area (Å²) >= 11 is 0. The highest BCUT2D eigenvalue weighted by Crippen LogP contribution is 2.35. The molecule has 2 aliphatic carbocycles. The summed E-state index contributed by atoms with van der Waals surface area (Å²) in [5.41, 5.74) is 5.38. The summed E-state index contributed by atoms with van der Waals surface area (Å²) < 4.78 is 6.01. The Balaban J connectivity index is 1.31. The van der Waals surface area contributed by atoms with Crippen molar-refractivity contribution in [3.05, 3.63) is 99.4 Å². The average molecular weight is 429 g/mol. The fourth-order valence-electron chi connectivity index (χ4n) is 4.79. The lowest BCUT2D eigenvalue weighted by Gasteiger charge is -2.19. The van der Waals surface area contributed by atoms with Crippen LogP contribution in [-0.4, -0.2) is 22.7 Å². The van der Waals surface area contributed by atoms with Crippen molar-refractivity contribution in [1.29, 1.82) is 0 Å². The van der Waals surface area contributed by atoms with E-state index in [2.05, 4.69) is 22.5 Å². The summed E-state index contributed by atoms with van der Waals surface area (Å²) in [4.78, 5) is 14.9. The SMILES string of the molecule is O=c1ccc2c([C@@H](O)CNC3CC4=C(CC=CC4)C3)ccc(OCc3ccccc3)c2[nH]1. The zero-order chi connectivity index (χ0) is 21.9. The number of aromatic nitrogens is 1. The number of hydrogen-bond donors (Lipinski definition) is 3. The number of aliphatic hydroxyl groups excluding tert-OH is 1. The van der Waals surface area contributed by atoms with Gasteiger partial charge in [-0.25, -0.2) is 0 Å². The highest BCUT2D eigenvalue weighted by atomic mass is 16.5. The Kier molecular flexibility index (Phi) is 5.93. The molecule has 0 radical (unpaired) electrons. The summed E-state index contributed by atoms with van der Waals surface area (Å²) in [6, 6.07) is 17.3. The molecule has 0 unspecified atom stereocenters. The number of ether oxygens (including phenoxy) is 1. The van der Waals surface area contributed by atoms with Crippen LogP contribution in [-0.2, 0) is 6.61 Å². The third kappa shape index (κ3) is 4.40. The Bertz CT molecular complexity index is 1210. The van der Waals surface area contributed by atoms with Crippen LogP contribution < -0.4 is 15.6 Å². The standard InChI is InChI=1S/C27H28N2O3/c30-24(16-28-21-14-19-8-4-5-9-20(19)15-21)22-10-12-25(27-23(22)11-13-26(31)29-27)32-17-18-6-2-1-3-7-18/h1-7,10-13,21,24,28,30H,8-9,14-17H2,(H,29,31)/t24-/m0/s1. The molecule has 3 aromatic rings. The predicted octanol–water partition coefficient (Wildman–Crippen LogP) is 4.54. The lowest BCUT2D eigenvalue weighted by atomic mass is 10.0. The number of fused-ring (bicyclic) bond motifs is 1. The van der Waals surface area contributed by atoms with Gasteiger partial charge in [-0.3, -0.25) is 4.79 Å². The molecule has 5 nitrogen and oxygen atoms in total. The van der Waals surface area contributed by atoms with Crippen molar-refractivity contribution in [2.45, 2.75) is 44.4 Å².